The first-order valence-corrected chi connectivity index (χ1v) is 7.81. The Morgan fingerprint density at radius 1 is 1.18 bits per heavy atom. The fraction of sp³-hybridized carbons (Fsp3) is 0.471. The Labute approximate surface area is 129 Å². The van der Waals surface area contributed by atoms with Gasteiger partial charge in [-0.15, -0.1) is 0 Å². The molecule has 118 valence electrons. The Morgan fingerprint density at radius 3 is 2.59 bits per heavy atom. The van der Waals surface area contributed by atoms with Gasteiger partial charge in [-0.2, -0.15) is 0 Å². The zero-order valence-corrected chi connectivity index (χ0v) is 13.1. The number of piperazine rings is 1. The summed E-state index contributed by atoms with van der Waals surface area (Å²) in [5.41, 5.74) is 1.47. The number of rotatable bonds is 3. The molecular formula is C17H22FN3O. The van der Waals surface area contributed by atoms with Crippen molar-refractivity contribution in [2.75, 3.05) is 26.2 Å². The second-order valence-corrected chi connectivity index (χ2v) is 6.25. The number of hydrogen-bond acceptors (Lipinski definition) is 3. The molecule has 0 saturated carbocycles. The van der Waals surface area contributed by atoms with Crippen LogP contribution in [0.2, 0.25) is 0 Å². The number of fused-ring (bicyclic) bond motifs is 1. The summed E-state index contributed by atoms with van der Waals surface area (Å²) in [5.74, 6) is -0.379. The fourth-order valence-electron chi connectivity index (χ4n) is 3.04. The van der Waals surface area contributed by atoms with Crippen LogP contribution in [0.1, 0.15) is 19.5 Å². The standard InChI is InChI=1S/C17H22FN3O/c1-12(2)21-7-5-20(6-8-21)11-14-10-17(22)15-9-13(18)3-4-16(15)19-14/h3-4,9-10,12H,5-8,11H2,1-2H3,(H,19,22). The molecule has 1 fully saturated rings. The Hall–Kier alpha value is -1.72. The van der Waals surface area contributed by atoms with E-state index in [4.69, 9.17) is 0 Å². The lowest BCUT2D eigenvalue weighted by Crippen LogP contribution is -2.48. The third kappa shape index (κ3) is 3.20. The molecule has 0 bridgehead atoms. The number of aromatic nitrogens is 1. The summed E-state index contributed by atoms with van der Waals surface area (Å²) in [6, 6.07) is 6.48. The normalized spacial score (nSPS) is 17.5. The molecule has 1 aliphatic rings. The largest absolute Gasteiger partial charge is 0.357 e. The van der Waals surface area contributed by atoms with Crippen LogP contribution >= 0.6 is 0 Å². The highest BCUT2D eigenvalue weighted by Gasteiger charge is 2.19. The van der Waals surface area contributed by atoms with E-state index in [1.54, 1.807) is 12.1 Å². The SMILES string of the molecule is CC(C)N1CCN(Cc2cc(=O)c3cc(F)ccc3[nH]2)CC1. The molecule has 0 aliphatic carbocycles. The minimum absolute atomic E-state index is 0.121. The van der Waals surface area contributed by atoms with Gasteiger partial charge in [-0.3, -0.25) is 14.6 Å². The second kappa shape index (κ2) is 6.18. The zero-order valence-electron chi connectivity index (χ0n) is 13.1. The average molecular weight is 303 g/mol. The van der Waals surface area contributed by atoms with Crippen molar-refractivity contribution < 1.29 is 4.39 Å². The number of nitrogens with zero attached hydrogens (tertiary/aromatic N) is 2. The Kier molecular flexibility index (Phi) is 4.27. The lowest BCUT2D eigenvalue weighted by molar-refractivity contribution is 0.103. The van der Waals surface area contributed by atoms with Gasteiger partial charge in [0.1, 0.15) is 5.82 Å². The molecule has 0 spiro atoms. The van der Waals surface area contributed by atoms with Crippen molar-refractivity contribution >= 4 is 10.9 Å². The topological polar surface area (TPSA) is 39.3 Å². The lowest BCUT2D eigenvalue weighted by Gasteiger charge is -2.36. The molecule has 2 heterocycles. The maximum absolute atomic E-state index is 13.2. The monoisotopic (exact) mass is 303 g/mol. The average Bonchev–Trinajstić information content (AvgIpc) is 2.49. The Balaban J connectivity index is 1.75. The minimum Gasteiger partial charge on any atom is -0.357 e. The molecule has 0 atom stereocenters. The van der Waals surface area contributed by atoms with Gasteiger partial charge in [0.2, 0.25) is 0 Å². The molecule has 1 saturated heterocycles. The van der Waals surface area contributed by atoms with E-state index in [1.165, 1.54) is 12.1 Å². The van der Waals surface area contributed by atoms with Crippen molar-refractivity contribution in [3.05, 3.63) is 46.0 Å². The van der Waals surface area contributed by atoms with Crippen LogP contribution in [0.5, 0.6) is 0 Å². The van der Waals surface area contributed by atoms with E-state index in [-0.39, 0.29) is 11.2 Å². The van der Waals surface area contributed by atoms with Crippen LogP contribution in [0.3, 0.4) is 0 Å². The number of pyridine rings is 1. The summed E-state index contributed by atoms with van der Waals surface area (Å²) >= 11 is 0. The van der Waals surface area contributed by atoms with Gasteiger partial charge in [0.05, 0.1) is 0 Å². The maximum atomic E-state index is 13.2. The maximum Gasteiger partial charge on any atom is 0.189 e. The van der Waals surface area contributed by atoms with Crippen LogP contribution in [-0.2, 0) is 6.54 Å². The molecule has 4 nitrogen and oxygen atoms in total. The first-order valence-electron chi connectivity index (χ1n) is 7.81. The van der Waals surface area contributed by atoms with Crippen molar-refractivity contribution in [2.24, 2.45) is 0 Å². The molecule has 1 aromatic heterocycles. The molecule has 0 amide bonds. The van der Waals surface area contributed by atoms with E-state index >= 15 is 0 Å². The van der Waals surface area contributed by atoms with Gasteiger partial charge >= 0.3 is 0 Å². The van der Waals surface area contributed by atoms with E-state index < -0.39 is 0 Å². The van der Waals surface area contributed by atoms with Gasteiger partial charge in [-0.05, 0) is 32.0 Å². The summed E-state index contributed by atoms with van der Waals surface area (Å²) in [6.07, 6.45) is 0. The van der Waals surface area contributed by atoms with Crippen LogP contribution in [0, 0.1) is 5.82 Å². The van der Waals surface area contributed by atoms with Gasteiger partial charge < -0.3 is 4.98 Å². The minimum atomic E-state index is -0.379. The highest BCUT2D eigenvalue weighted by atomic mass is 19.1. The van der Waals surface area contributed by atoms with Crippen LogP contribution < -0.4 is 5.43 Å². The van der Waals surface area contributed by atoms with Crippen molar-refractivity contribution in [3.8, 4) is 0 Å². The summed E-state index contributed by atoms with van der Waals surface area (Å²) in [6.45, 7) is 9.28. The lowest BCUT2D eigenvalue weighted by atomic mass is 10.1. The number of hydrogen-bond donors (Lipinski definition) is 1. The molecule has 1 N–H and O–H groups in total. The van der Waals surface area contributed by atoms with Gasteiger partial charge in [0.15, 0.2) is 5.43 Å². The number of nitrogens with one attached hydrogen (secondary N) is 1. The van der Waals surface area contributed by atoms with E-state index in [9.17, 15) is 9.18 Å². The Bertz CT molecular complexity index is 717. The molecule has 3 rings (SSSR count). The van der Waals surface area contributed by atoms with Gasteiger partial charge in [0, 0.05) is 61.4 Å². The van der Waals surface area contributed by atoms with Crippen LogP contribution in [0.15, 0.2) is 29.1 Å². The van der Waals surface area contributed by atoms with Crippen molar-refractivity contribution in [1.29, 1.82) is 0 Å². The van der Waals surface area contributed by atoms with Crippen LogP contribution in [0.4, 0.5) is 4.39 Å². The summed E-state index contributed by atoms with van der Waals surface area (Å²) in [5, 5.41) is 0.411. The predicted molar refractivity (Wildman–Crippen MR) is 86.5 cm³/mol. The van der Waals surface area contributed by atoms with Gasteiger partial charge in [-0.1, -0.05) is 0 Å². The second-order valence-electron chi connectivity index (χ2n) is 6.25. The summed E-state index contributed by atoms with van der Waals surface area (Å²) in [7, 11) is 0. The van der Waals surface area contributed by atoms with Gasteiger partial charge in [-0.25, -0.2) is 4.39 Å². The molecule has 0 radical (unpaired) electrons. The zero-order chi connectivity index (χ0) is 15.7. The molecule has 22 heavy (non-hydrogen) atoms. The molecule has 1 aliphatic heterocycles. The van der Waals surface area contributed by atoms with Crippen molar-refractivity contribution in [2.45, 2.75) is 26.4 Å². The number of halogens is 1. The number of aromatic amines is 1. The molecular weight excluding hydrogens is 281 g/mol. The van der Waals surface area contributed by atoms with E-state index in [1.807, 2.05) is 0 Å². The van der Waals surface area contributed by atoms with E-state index in [2.05, 4.69) is 28.6 Å². The van der Waals surface area contributed by atoms with E-state index in [0.29, 0.717) is 16.9 Å². The summed E-state index contributed by atoms with van der Waals surface area (Å²) in [4.78, 5) is 20.2. The molecule has 1 aromatic carbocycles. The summed E-state index contributed by atoms with van der Waals surface area (Å²) < 4.78 is 13.2. The fourth-order valence-corrected chi connectivity index (χ4v) is 3.04. The van der Waals surface area contributed by atoms with Crippen molar-refractivity contribution in [1.82, 2.24) is 14.8 Å². The number of H-pyrrole nitrogens is 1. The highest BCUT2D eigenvalue weighted by molar-refractivity contribution is 5.78. The van der Waals surface area contributed by atoms with Crippen molar-refractivity contribution in [3.63, 3.8) is 0 Å². The van der Waals surface area contributed by atoms with Crippen LogP contribution in [-0.4, -0.2) is 47.0 Å². The molecule has 5 heteroatoms. The van der Waals surface area contributed by atoms with E-state index in [0.717, 1.165) is 38.4 Å². The quantitative estimate of drug-likeness (QED) is 0.945. The smallest absolute Gasteiger partial charge is 0.189 e. The highest BCUT2D eigenvalue weighted by Crippen LogP contribution is 2.13. The molecule has 2 aromatic rings. The first kappa shape index (κ1) is 15.2. The third-order valence-corrected chi connectivity index (χ3v) is 4.38. The Morgan fingerprint density at radius 2 is 1.91 bits per heavy atom. The number of benzene rings is 1. The van der Waals surface area contributed by atoms with Gasteiger partial charge in [0.25, 0.3) is 0 Å². The first-order chi connectivity index (χ1) is 10.5. The third-order valence-electron chi connectivity index (χ3n) is 4.38. The molecule has 0 unspecified atom stereocenters. The predicted octanol–water partition coefficient (Wildman–Crippen LogP) is 2.19. The van der Waals surface area contributed by atoms with Crippen LogP contribution in [0.25, 0.3) is 10.9 Å².